The SMILES string of the molecule is CC1=C2CC3(C)CCC(C(C)C)=C3CC(=O)/C(C)=C\2CC1. The van der Waals surface area contributed by atoms with Gasteiger partial charge in [0.1, 0.15) is 0 Å². The van der Waals surface area contributed by atoms with Crippen molar-refractivity contribution in [1.82, 2.24) is 0 Å². The second kappa shape index (κ2) is 4.97. The fourth-order valence-electron chi connectivity index (χ4n) is 4.65. The van der Waals surface area contributed by atoms with Crippen molar-refractivity contribution >= 4 is 5.78 Å². The van der Waals surface area contributed by atoms with Gasteiger partial charge < -0.3 is 0 Å². The molecule has 1 heteroatoms. The quantitative estimate of drug-likeness (QED) is 0.579. The average Bonchev–Trinajstić information content (AvgIpc) is 2.91. The topological polar surface area (TPSA) is 17.1 Å². The van der Waals surface area contributed by atoms with Crippen molar-refractivity contribution in [1.29, 1.82) is 0 Å². The average molecular weight is 284 g/mol. The molecule has 0 amide bonds. The zero-order valence-electron chi connectivity index (χ0n) is 14.2. The fourth-order valence-corrected chi connectivity index (χ4v) is 4.65. The number of ketones is 1. The first-order valence-electron chi connectivity index (χ1n) is 8.48. The molecular weight excluding hydrogens is 256 g/mol. The Morgan fingerprint density at radius 3 is 2.43 bits per heavy atom. The summed E-state index contributed by atoms with van der Waals surface area (Å²) in [6, 6.07) is 0. The van der Waals surface area contributed by atoms with Crippen LogP contribution in [0.15, 0.2) is 33.4 Å². The van der Waals surface area contributed by atoms with E-state index in [9.17, 15) is 4.79 Å². The smallest absolute Gasteiger partial charge is 0.162 e. The Labute approximate surface area is 129 Å². The Kier molecular flexibility index (Phi) is 3.50. The van der Waals surface area contributed by atoms with Crippen LogP contribution in [0.5, 0.6) is 0 Å². The first-order chi connectivity index (χ1) is 9.83. The minimum atomic E-state index is 0.224. The van der Waals surface area contributed by atoms with Gasteiger partial charge in [0.15, 0.2) is 5.78 Å². The molecule has 0 fully saturated rings. The minimum absolute atomic E-state index is 0.224. The predicted molar refractivity (Wildman–Crippen MR) is 88.1 cm³/mol. The summed E-state index contributed by atoms with van der Waals surface area (Å²) in [7, 11) is 0. The van der Waals surface area contributed by atoms with E-state index in [1.165, 1.54) is 35.1 Å². The van der Waals surface area contributed by atoms with Gasteiger partial charge in [-0.15, -0.1) is 0 Å². The lowest BCUT2D eigenvalue weighted by Crippen LogP contribution is -2.23. The monoisotopic (exact) mass is 284 g/mol. The highest BCUT2D eigenvalue weighted by Gasteiger charge is 2.41. The van der Waals surface area contributed by atoms with Gasteiger partial charge in [0.05, 0.1) is 0 Å². The van der Waals surface area contributed by atoms with E-state index in [4.69, 9.17) is 0 Å². The van der Waals surface area contributed by atoms with Gasteiger partial charge >= 0.3 is 0 Å². The molecule has 0 heterocycles. The van der Waals surface area contributed by atoms with Gasteiger partial charge in [-0.3, -0.25) is 4.79 Å². The molecule has 3 aliphatic carbocycles. The molecule has 0 spiro atoms. The van der Waals surface area contributed by atoms with Gasteiger partial charge in [0, 0.05) is 6.42 Å². The number of hydrogen-bond donors (Lipinski definition) is 0. The van der Waals surface area contributed by atoms with E-state index in [0.29, 0.717) is 18.1 Å². The van der Waals surface area contributed by atoms with E-state index in [2.05, 4.69) is 34.6 Å². The normalized spacial score (nSPS) is 33.5. The van der Waals surface area contributed by atoms with Gasteiger partial charge in [0.2, 0.25) is 0 Å². The van der Waals surface area contributed by atoms with Crippen LogP contribution in [0.3, 0.4) is 0 Å². The van der Waals surface area contributed by atoms with E-state index in [1.807, 2.05) is 0 Å². The summed E-state index contributed by atoms with van der Waals surface area (Å²) in [6.45, 7) is 11.3. The molecule has 1 nitrogen and oxygen atoms in total. The molecule has 0 aliphatic heterocycles. The first kappa shape index (κ1) is 14.8. The van der Waals surface area contributed by atoms with Crippen LogP contribution >= 0.6 is 0 Å². The zero-order valence-corrected chi connectivity index (χ0v) is 14.2. The lowest BCUT2D eigenvalue weighted by molar-refractivity contribution is -0.115. The van der Waals surface area contributed by atoms with E-state index < -0.39 is 0 Å². The summed E-state index contributed by atoms with van der Waals surface area (Å²) in [6.07, 6.45) is 6.49. The van der Waals surface area contributed by atoms with Crippen LogP contribution in [0.4, 0.5) is 0 Å². The molecule has 0 saturated carbocycles. The van der Waals surface area contributed by atoms with Gasteiger partial charge in [-0.1, -0.05) is 37.5 Å². The Hall–Kier alpha value is -1.11. The molecule has 0 bridgehead atoms. The summed E-state index contributed by atoms with van der Waals surface area (Å²) < 4.78 is 0. The van der Waals surface area contributed by atoms with Crippen molar-refractivity contribution < 1.29 is 4.79 Å². The van der Waals surface area contributed by atoms with Crippen molar-refractivity contribution in [3.8, 4) is 0 Å². The lowest BCUT2D eigenvalue weighted by atomic mass is 9.71. The number of allylic oxidation sites excluding steroid dienone is 6. The first-order valence-corrected chi connectivity index (χ1v) is 8.48. The lowest BCUT2D eigenvalue weighted by Gasteiger charge is -2.33. The van der Waals surface area contributed by atoms with Crippen LogP contribution in [-0.4, -0.2) is 5.78 Å². The Morgan fingerprint density at radius 1 is 1.05 bits per heavy atom. The molecule has 0 N–H and O–H groups in total. The largest absolute Gasteiger partial charge is 0.294 e. The molecular formula is C20H28O. The minimum Gasteiger partial charge on any atom is -0.294 e. The van der Waals surface area contributed by atoms with Crippen LogP contribution in [0, 0.1) is 11.3 Å². The van der Waals surface area contributed by atoms with Gasteiger partial charge in [-0.05, 0) is 74.0 Å². The summed E-state index contributed by atoms with van der Waals surface area (Å²) >= 11 is 0. The van der Waals surface area contributed by atoms with Crippen molar-refractivity contribution in [3.63, 3.8) is 0 Å². The molecule has 0 aromatic heterocycles. The standard InChI is InChI=1S/C20H28O/c1-12(2)15-8-9-20(5)11-17-13(3)6-7-16(17)14(4)19(21)10-18(15)20/h12H,6-11H2,1-5H3/b16-14-. The van der Waals surface area contributed by atoms with Crippen molar-refractivity contribution in [3.05, 3.63) is 33.4 Å². The number of rotatable bonds is 1. The maximum Gasteiger partial charge on any atom is 0.162 e. The summed E-state index contributed by atoms with van der Waals surface area (Å²) in [5, 5.41) is 0. The Balaban J connectivity index is 2.15. The van der Waals surface area contributed by atoms with Gasteiger partial charge in [0.25, 0.3) is 0 Å². The molecule has 3 rings (SSSR count). The number of carbonyl (C=O) groups is 1. The number of fused-ring (bicyclic) bond motifs is 2. The van der Waals surface area contributed by atoms with Crippen LogP contribution in [-0.2, 0) is 4.79 Å². The van der Waals surface area contributed by atoms with Crippen LogP contribution in [0.25, 0.3) is 0 Å². The second-order valence-corrected chi connectivity index (χ2v) is 7.86. The third-order valence-electron chi connectivity index (χ3n) is 6.16. The highest BCUT2D eigenvalue weighted by atomic mass is 16.1. The summed E-state index contributed by atoms with van der Waals surface area (Å²) in [5.41, 5.74) is 8.75. The number of carbonyl (C=O) groups excluding carboxylic acids is 1. The van der Waals surface area contributed by atoms with Gasteiger partial charge in [-0.2, -0.15) is 0 Å². The zero-order chi connectivity index (χ0) is 15.4. The van der Waals surface area contributed by atoms with E-state index >= 15 is 0 Å². The van der Waals surface area contributed by atoms with Gasteiger partial charge in [-0.25, -0.2) is 0 Å². The predicted octanol–water partition coefficient (Wildman–Crippen LogP) is 5.53. The Bertz CT molecular complexity index is 597. The third kappa shape index (κ3) is 2.25. The van der Waals surface area contributed by atoms with Crippen LogP contribution < -0.4 is 0 Å². The molecule has 0 radical (unpaired) electrons. The maximum atomic E-state index is 12.8. The highest BCUT2D eigenvalue weighted by molar-refractivity contribution is 5.98. The van der Waals surface area contributed by atoms with Crippen LogP contribution in [0.1, 0.15) is 73.1 Å². The third-order valence-corrected chi connectivity index (χ3v) is 6.16. The molecule has 21 heavy (non-hydrogen) atoms. The summed E-state index contributed by atoms with van der Waals surface area (Å²) in [5.74, 6) is 0.953. The Morgan fingerprint density at radius 2 is 1.76 bits per heavy atom. The van der Waals surface area contributed by atoms with Crippen molar-refractivity contribution in [2.45, 2.75) is 73.1 Å². The molecule has 0 saturated heterocycles. The number of hydrogen-bond acceptors (Lipinski definition) is 1. The fraction of sp³-hybridized carbons (Fsp3) is 0.650. The molecule has 1 unspecified atom stereocenters. The van der Waals surface area contributed by atoms with Crippen molar-refractivity contribution in [2.24, 2.45) is 11.3 Å². The maximum absolute atomic E-state index is 12.8. The van der Waals surface area contributed by atoms with Crippen LogP contribution in [0.2, 0.25) is 0 Å². The molecule has 1 atom stereocenters. The molecule has 3 aliphatic rings. The molecule has 0 aromatic rings. The van der Waals surface area contributed by atoms with E-state index in [1.54, 1.807) is 5.57 Å². The molecule has 0 aromatic carbocycles. The van der Waals surface area contributed by atoms with Crippen molar-refractivity contribution in [2.75, 3.05) is 0 Å². The highest BCUT2D eigenvalue weighted by Crippen LogP contribution is 2.54. The molecule has 114 valence electrons. The number of Topliss-reactive ketones (excluding diaryl/α,β-unsaturated/α-hetero) is 1. The second-order valence-electron chi connectivity index (χ2n) is 7.86. The van der Waals surface area contributed by atoms with E-state index in [-0.39, 0.29) is 5.41 Å². The summed E-state index contributed by atoms with van der Waals surface area (Å²) in [4.78, 5) is 12.8. The van der Waals surface area contributed by atoms with E-state index in [0.717, 1.165) is 24.8 Å².